The molecular weight excluding hydrogens is 1360 g/mol. The van der Waals surface area contributed by atoms with Crippen LogP contribution in [0.3, 0.4) is 0 Å². The summed E-state index contributed by atoms with van der Waals surface area (Å²) < 4.78 is 177. The molecule has 8 unspecified atom stereocenters. The SMILES string of the molecule is COCCOCCOC1C(O[O-])[C@@H](OCCOCCOC)C(OP(=O)([O-])[O-])C(OCCOCCOC)[C@H]1OP(=O)([O-])[O-].COCCOCCOC1C(O[O-])[C@@H](OCCOCCOC)C(OP(=O)([O-])[O-])C(OCCOCCOC)[C@H]1OP(=O)([O-])[O-].O=P[O-].O=P[O-]. The normalized spacial score (nSPS) is 24.0. The van der Waals surface area contributed by atoms with Crippen molar-refractivity contribution in [1.29, 1.82) is 0 Å². The molecule has 0 saturated heterocycles. The van der Waals surface area contributed by atoms with Crippen LogP contribution in [0, 0.1) is 0 Å². The first kappa shape index (κ1) is 91.7. The first-order valence-electron chi connectivity index (χ1n) is 26.2. The van der Waals surface area contributed by atoms with Crippen molar-refractivity contribution in [1.82, 2.24) is 0 Å². The van der Waals surface area contributed by atoms with E-state index in [9.17, 15) is 67.9 Å². The predicted molar refractivity (Wildman–Crippen MR) is 269 cm³/mol. The summed E-state index contributed by atoms with van der Waals surface area (Å²) in [5, 5.41) is 23.9. The van der Waals surface area contributed by atoms with Gasteiger partial charge in [0.05, 0.1) is 207 Å². The second kappa shape index (κ2) is 56.7. The van der Waals surface area contributed by atoms with Crippen molar-refractivity contribution in [3.05, 3.63) is 0 Å². The fraction of sp³-hybridized carbons (Fsp3) is 1.00. The lowest BCUT2D eigenvalue weighted by molar-refractivity contribution is -0.711. The van der Waals surface area contributed by atoms with Crippen LogP contribution < -0.4 is 59.4 Å². The van der Waals surface area contributed by atoms with Crippen molar-refractivity contribution in [3.63, 3.8) is 0 Å². The molecule has 0 radical (unpaired) electrons. The largest absolute Gasteiger partial charge is 0.790 e. The molecule has 0 aliphatic heterocycles. The molecule has 0 spiro atoms. The molecule has 2 aliphatic rings. The van der Waals surface area contributed by atoms with Gasteiger partial charge in [-0.15, -0.1) is 0 Å². The number of hydrogen-bond donors (Lipinski definition) is 0. The first-order valence-corrected chi connectivity index (χ1v) is 33.5. The molecule has 0 aromatic heterocycles. The monoisotopic (exact) mass is 1440 g/mol. The summed E-state index contributed by atoms with van der Waals surface area (Å²) in [5.41, 5.74) is 0. The van der Waals surface area contributed by atoms with E-state index in [-0.39, 0.29) is 159 Å². The summed E-state index contributed by atoms with van der Waals surface area (Å²) in [6.45, 7) is 0.0230. The van der Waals surface area contributed by atoms with Gasteiger partial charge in [-0.2, -0.15) is 0 Å². The highest BCUT2D eigenvalue weighted by atomic mass is 31.2. The first-order chi connectivity index (χ1) is 42.8. The van der Waals surface area contributed by atoms with Crippen molar-refractivity contribution in [2.45, 2.75) is 73.2 Å². The Morgan fingerprint density at radius 1 is 0.256 bits per heavy atom. The molecule has 540 valence electrons. The van der Waals surface area contributed by atoms with E-state index in [0.29, 0.717) is 0 Å². The van der Waals surface area contributed by atoms with Crippen LogP contribution in [0.4, 0.5) is 0 Å². The Balaban J connectivity index is 0. The van der Waals surface area contributed by atoms with Gasteiger partial charge in [-0.05, 0) is 0 Å². The Morgan fingerprint density at radius 3 is 0.511 bits per heavy atom. The smallest absolute Gasteiger partial charge is 0.120 e. The maximum Gasteiger partial charge on any atom is 0.120 e. The number of ether oxygens (including phenoxy) is 18. The molecule has 0 bridgehead atoms. The molecule has 0 amide bonds. The minimum absolute atomic E-state index is 0.0848. The standard InChI is InChI=1S/2C21H44O19P2.2HO2P/c2*1-29-4-7-32-10-13-35-16-19(38-22)17(36-14-11-33-8-5-30-2)21(40-42(26,27)28)18(20(16)39-41(23,24)25)37-15-12-34-9-6-31-3;2*1-3-2/h2*16-22H,4-15H2,1-3H3,(H2,23,24,25)(H2,26,27,28);2*(H,1,2)/p-12/t2*16-,17?,18?,19?,20?,21+;;/m11../s1. The van der Waals surface area contributed by atoms with Gasteiger partial charge in [0.15, 0.2) is 0 Å². The zero-order chi connectivity index (χ0) is 68.3. The van der Waals surface area contributed by atoms with E-state index in [0.717, 1.165) is 0 Å². The van der Waals surface area contributed by atoms with Gasteiger partial charge in [0, 0.05) is 42.7 Å². The molecule has 2 fully saturated rings. The Bertz CT molecular complexity index is 1660. The number of hydrogen-bond acceptors (Lipinski definition) is 42. The van der Waals surface area contributed by atoms with Gasteiger partial charge in [0.2, 0.25) is 0 Å². The molecule has 0 heterocycles. The van der Waals surface area contributed by atoms with Crippen LogP contribution >= 0.6 is 48.7 Å². The highest BCUT2D eigenvalue weighted by molar-refractivity contribution is 7.44. The van der Waals surface area contributed by atoms with E-state index >= 15 is 0 Å². The van der Waals surface area contributed by atoms with Crippen molar-refractivity contribution in [2.75, 3.05) is 201 Å². The Kier molecular flexibility index (Phi) is 57.8. The van der Waals surface area contributed by atoms with Crippen LogP contribution in [0.2, 0.25) is 0 Å². The maximum absolute atomic E-state index is 12.0. The molecule has 48 heteroatoms. The van der Waals surface area contributed by atoms with Crippen LogP contribution in [-0.4, -0.2) is 274 Å². The molecular formula is C42H78O42P6-12. The molecule has 0 N–H and O–H groups in total. The van der Waals surface area contributed by atoms with E-state index < -0.39 is 122 Å². The molecule has 0 aromatic rings. The van der Waals surface area contributed by atoms with Gasteiger partial charge < -0.3 is 191 Å². The lowest BCUT2D eigenvalue weighted by Crippen LogP contribution is -2.68. The molecule has 2 saturated carbocycles. The Hall–Kier alpha value is -0.320. The van der Waals surface area contributed by atoms with Crippen LogP contribution in [0.15, 0.2) is 0 Å². The van der Waals surface area contributed by atoms with Gasteiger partial charge >= 0.3 is 0 Å². The average Bonchev–Trinajstić information content (AvgIpc) is 0.782. The summed E-state index contributed by atoms with van der Waals surface area (Å²) >= 11 is 0. The number of phosphoric acid groups is 4. The third-order valence-corrected chi connectivity index (χ3v) is 12.9. The van der Waals surface area contributed by atoms with Crippen molar-refractivity contribution >= 4 is 48.7 Å². The predicted octanol–water partition coefficient (Wildman–Crippen LogP) is -10.4. The molecule has 2 rings (SSSR count). The van der Waals surface area contributed by atoms with Crippen LogP contribution in [0.5, 0.6) is 0 Å². The van der Waals surface area contributed by atoms with Crippen molar-refractivity contribution in [3.8, 4) is 0 Å². The summed E-state index contributed by atoms with van der Waals surface area (Å²) in [7, 11) is -16.9. The molecule has 12 atom stereocenters. The lowest BCUT2D eigenvalue weighted by atomic mass is 9.84. The molecule has 42 nitrogen and oxygen atoms in total. The fourth-order valence-electron chi connectivity index (χ4n) is 7.60. The van der Waals surface area contributed by atoms with Gasteiger partial charge in [-0.25, -0.2) is 0 Å². The molecule has 2 aliphatic carbocycles. The second-order valence-electron chi connectivity index (χ2n) is 17.0. The highest BCUT2D eigenvalue weighted by Crippen LogP contribution is 2.45. The minimum atomic E-state index is -5.85. The fourth-order valence-corrected chi connectivity index (χ4v) is 9.75. The number of methoxy groups -OCH3 is 6. The van der Waals surface area contributed by atoms with Gasteiger partial charge in [-0.1, -0.05) is 0 Å². The van der Waals surface area contributed by atoms with E-state index in [1.165, 1.54) is 42.7 Å². The zero-order valence-corrected chi connectivity index (χ0v) is 55.1. The summed E-state index contributed by atoms with van der Waals surface area (Å²) in [4.78, 5) is 119. The van der Waals surface area contributed by atoms with E-state index in [1.54, 1.807) is 0 Å². The van der Waals surface area contributed by atoms with Gasteiger partial charge in [-0.3, -0.25) is 9.13 Å². The Labute approximate surface area is 521 Å². The third kappa shape index (κ3) is 46.0. The van der Waals surface area contributed by atoms with Crippen LogP contribution in [-0.2, 0) is 141 Å². The van der Waals surface area contributed by atoms with Crippen molar-refractivity contribution < 1.29 is 200 Å². The third-order valence-electron chi connectivity index (χ3n) is 10.9. The van der Waals surface area contributed by atoms with E-state index in [2.05, 4.69) is 27.9 Å². The topological polar surface area (TPSA) is 601 Å². The van der Waals surface area contributed by atoms with Gasteiger partial charge in [0.25, 0.3) is 0 Å². The summed E-state index contributed by atoms with van der Waals surface area (Å²) in [6.07, 6.45) is -22.4. The van der Waals surface area contributed by atoms with E-state index in [1.807, 2.05) is 0 Å². The van der Waals surface area contributed by atoms with Crippen molar-refractivity contribution in [2.24, 2.45) is 0 Å². The quantitative estimate of drug-likeness (QED) is 0.0236. The highest BCUT2D eigenvalue weighted by Gasteiger charge is 2.56. The summed E-state index contributed by atoms with van der Waals surface area (Å²) in [5.74, 6) is 0. The second-order valence-corrected chi connectivity index (χ2v) is 21.7. The maximum atomic E-state index is 12.0. The minimum Gasteiger partial charge on any atom is -0.790 e. The van der Waals surface area contributed by atoms with Crippen LogP contribution in [0.1, 0.15) is 0 Å². The molecule has 0 aromatic carbocycles. The van der Waals surface area contributed by atoms with E-state index in [4.69, 9.17) is 104 Å². The number of phosphoric ester groups is 4. The zero-order valence-electron chi connectivity index (χ0n) is 49.7. The summed E-state index contributed by atoms with van der Waals surface area (Å²) in [6, 6.07) is 0. The number of rotatable bonds is 52. The lowest BCUT2D eigenvalue weighted by Gasteiger charge is -2.53. The van der Waals surface area contributed by atoms with Gasteiger partial charge in [0.1, 0.15) is 73.2 Å². The average molecular weight is 1440 g/mol. The van der Waals surface area contributed by atoms with Crippen LogP contribution in [0.25, 0.3) is 0 Å². The Morgan fingerprint density at radius 2 is 0.389 bits per heavy atom. The molecule has 90 heavy (non-hydrogen) atoms.